The van der Waals surface area contributed by atoms with Crippen LogP contribution < -0.4 is 5.32 Å². The van der Waals surface area contributed by atoms with Gasteiger partial charge >= 0.3 is 0 Å². The van der Waals surface area contributed by atoms with Crippen molar-refractivity contribution >= 4 is 21.8 Å². The van der Waals surface area contributed by atoms with Crippen molar-refractivity contribution in [2.24, 2.45) is 0 Å². The number of rotatable bonds is 4. The smallest absolute Gasteiger partial charge is 0.233 e. The highest BCUT2D eigenvalue weighted by Crippen LogP contribution is 2.12. The van der Waals surface area contributed by atoms with Crippen LogP contribution in [0.4, 0.5) is 4.39 Å². The summed E-state index contributed by atoms with van der Waals surface area (Å²) in [4.78, 5) is 10.9. The molecule has 0 aliphatic heterocycles. The van der Waals surface area contributed by atoms with Crippen molar-refractivity contribution in [1.82, 2.24) is 5.32 Å². The lowest BCUT2D eigenvalue weighted by atomic mass is 10.1. The van der Waals surface area contributed by atoms with Crippen molar-refractivity contribution < 1.29 is 14.3 Å². The molecule has 0 aliphatic rings. The molecule has 1 aromatic carbocycles. The van der Waals surface area contributed by atoms with Crippen LogP contribution in [0, 0.1) is 5.82 Å². The van der Waals surface area contributed by atoms with Crippen LogP contribution in [0.5, 0.6) is 0 Å². The van der Waals surface area contributed by atoms with Crippen molar-refractivity contribution in [3.63, 3.8) is 0 Å². The maximum absolute atomic E-state index is 12.6. The molecule has 0 saturated carbocycles. The minimum Gasteiger partial charge on any atom is -0.387 e. The third kappa shape index (κ3) is 3.90. The fourth-order valence-corrected chi connectivity index (χ4v) is 1.30. The highest BCUT2D eigenvalue weighted by molar-refractivity contribution is 9.10. The van der Waals surface area contributed by atoms with Gasteiger partial charge in [0.05, 0.1) is 10.9 Å². The van der Waals surface area contributed by atoms with Crippen molar-refractivity contribution in [3.05, 3.63) is 35.6 Å². The van der Waals surface area contributed by atoms with Crippen LogP contribution in [0.2, 0.25) is 0 Å². The Balaban J connectivity index is 2.49. The van der Waals surface area contributed by atoms with Crippen molar-refractivity contribution in [2.45, 2.75) is 17.9 Å². The molecule has 1 amide bonds. The van der Waals surface area contributed by atoms with Gasteiger partial charge in [0, 0.05) is 6.54 Å². The quantitative estimate of drug-likeness (QED) is 0.830. The second-order valence-electron chi connectivity index (χ2n) is 3.43. The van der Waals surface area contributed by atoms with Gasteiger partial charge in [0.15, 0.2) is 0 Å². The van der Waals surface area contributed by atoms with E-state index in [1.54, 1.807) is 6.92 Å². The van der Waals surface area contributed by atoms with Gasteiger partial charge in [0.1, 0.15) is 5.82 Å². The van der Waals surface area contributed by atoms with Gasteiger partial charge in [-0.2, -0.15) is 0 Å². The number of amides is 1. The third-order valence-corrected chi connectivity index (χ3v) is 2.50. The Kier molecular flexibility index (Phi) is 4.89. The van der Waals surface area contributed by atoms with Crippen LogP contribution in [0.15, 0.2) is 24.3 Å². The molecule has 1 aromatic rings. The van der Waals surface area contributed by atoms with E-state index in [1.807, 2.05) is 0 Å². The van der Waals surface area contributed by atoms with Crippen molar-refractivity contribution in [2.75, 3.05) is 6.54 Å². The third-order valence-electron chi connectivity index (χ3n) is 2.09. The van der Waals surface area contributed by atoms with E-state index in [-0.39, 0.29) is 23.1 Å². The normalized spacial score (nSPS) is 14.2. The van der Waals surface area contributed by atoms with Gasteiger partial charge in [-0.25, -0.2) is 4.39 Å². The van der Waals surface area contributed by atoms with Gasteiger partial charge in [-0.1, -0.05) is 28.1 Å². The Morgan fingerprint density at radius 3 is 2.56 bits per heavy atom. The average Bonchev–Trinajstić information content (AvgIpc) is 2.26. The predicted molar refractivity (Wildman–Crippen MR) is 62.8 cm³/mol. The molecule has 0 saturated heterocycles. The molecule has 2 unspecified atom stereocenters. The van der Waals surface area contributed by atoms with E-state index in [1.165, 1.54) is 24.3 Å². The van der Waals surface area contributed by atoms with E-state index in [9.17, 15) is 14.3 Å². The van der Waals surface area contributed by atoms with Gasteiger partial charge in [-0.3, -0.25) is 4.79 Å². The number of halogens is 2. The Morgan fingerprint density at radius 1 is 1.50 bits per heavy atom. The van der Waals surface area contributed by atoms with E-state index < -0.39 is 6.10 Å². The number of nitrogens with one attached hydrogen (secondary N) is 1. The summed E-state index contributed by atoms with van der Waals surface area (Å²) in [6, 6.07) is 5.52. The molecule has 0 fully saturated rings. The van der Waals surface area contributed by atoms with E-state index in [2.05, 4.69) is 21.2 Å². The maximum Gasteiger partial charge on any atom is 0.233 e. The Labute approximate surface area is 102 Å². The highest BCUT2D eigenvalue weighted by atomic mass is 79.9. The second-order valence-corrected chi connectivity index (χ2v) is 4.80. The van der Waals surface area contributed by atoms with E-state index in [0.717, 1.165) is 0 Å². The molecule has 0 heterocycles. The van der Waals surface area contributed by atoms with Gasteiger partial charge in [0.2, 0.25) is 5.91 Å². The number of alkyl halides is 1. The van der Waals surface area contributed by atoms with Crippen LogP contribution in [0.1, 0.15) is 18.6 Å². The molecule has 1 rings (SSSR count). The zero-order chi connectivity index (χ0) is 12.1. The lowest BCUT2D eigenvalue weighted by Crippen LogP contribution is -2.32. The monoisotopic (exact) mass is 289 g/mol. The van der Waals surface area contributed by atoms with E-state index in [0.29, 0.717) is 5.56 Å². The lowest BCUT2D eigenvalue weighted by Gasteiger charge is -2.12. The van der Waals surface area contributed by atoms with Crippen LogP contribution in [0.3, 0.4) is 0 Å². The molecule has 0 aromatic heterocycles. The average molecular weight is 290 g/mol. The number of aliphatic hydroxyl groups is 1. The highest BCUT2D eigenvalue weighted by Gasteiger charge is 2.12. The molecule has 0 aliphatic carbocycles. The van der Waals surface area contributed by atoms with Crippen molar-refractivity contribution in [1.29, 1.82) is 0 Å². The molecular weight excluding hydrogens is 277 g/mol. The van der Waals surface area contributed by atoms with Crippen LogP contribution in [0.25, 0.3) is 0 Å². The molecule has 88 valence electrons. The van der Waals surface area contributed by atoms with Gasteiger partial charge in [-0.15, -0.1) is 0 Å². The summed E-state index contributed by atoms with van der Waals surface area (Å²) < 4.78 is 12.6. The number of carbonyl (C=O) groups is 1. The van der Waals surface area contributed by atoms with Crippen LogP contribution in [-0.2, 0) is 4.79 Å². The fourth-order valence-electron chi connectivity index (χ4n) is 1.14. The maximum atomic E-state index is 12.6. The first-order chi connectivity index (χ1) is 7.50. The SMILES string of the molecule is CC(Br)C(=O)NCC(O)c1ccc(F)cc1. The Morgan fingerprint density at radius 2 is 2.06 bits per heavy atom. The number of benzene rings is 1. The fraction of sp³-hybridized carbons (Fsp3) is 0.364. The number of hydrogen-bond acceptors (Lipinski definition) is 2. The summed E-state index contributed by atoms with van der Waals surface area (Å²) in [6.45, 7) is 1.81. The summed E-state index contributed by atoms with van der Waals surface area (Å²) in [7, 11) is 0. The first kappa shape index (κ1) is 13.1. The summed E-state index contributed by atoms with van der Waals surface area (Å²) in [6.07, 6.45) is -0.823. The lowest BCUT2D eigenvalue weighted by molar-refractivity contribution is -0.120. The molecule has 2 atom stereocenters. The second kappa shape index (κ2) is 5.96. The Hall–Kier alpha value is -0.940. The summed E-state index contributed by atoms with van der Waals surface area (Å²) >= 11 is 3.11. The zero-order valence-electron chi connectivity index (χ0n) is 8.78. The number of aliphatic hydroxyl groups excluding tert-OH is 1. The molecule has 0 radical (unpaired) electrons. The summed E-state index contributed by atoms with van der Waals surface area (Å²) in [5.74, 6) is -0.546. The van der Waals surface area contributed by atoms with Gasteiger partial charge in [-0.05, 0) is 24.6 Å². The van der Waals surface area contributed by atoms with Gasteiger partial charge < -0.3 is 10.4 Å². The summed E-state index contributed by atoms with van der Waals surface area (Å²) in [5.41, 5.74) is 0.573. The van der Waals surface area contributed by atoms with E-state index in [4.69, 9.17) is 0 Å². The molecule has 2 N–H and O–H groups in total. The van der Waals surface area contributed by atoms with Gasteiger partial charge in [0.25, 0.3) is 0 Å². The molecule has 5 heteroatoms. The minimum absolute atomic E-state index is 0.112. The standard InChI is InChI=1S/C11H13BrFNO2/c1-7(12)11(16)14-6-10(15)8-2-4-9(13)5-3-8/h2-5,7,10,15H,6H2,1H3,(H,14,16). The van der Waals surface area contributed by atoms with Crippen LogP contribution in [-0.4, -0.2) is 22.4 Å². The molecule has 0 spiro atoms. The number of carbonyl (C=O) groups excluding carboxylic acids is 1. The molecule has 16 heavy (non-hydrogen) atoms. The van der Waals surface area contributed by atoms with E-state index >= 15 is 0 Å². The molecular formula is C11H13BrFNO2. The number of hydrogen-bond donors (Lipinski definition) is 2. The molecule has 3 nitrogen and oxygen atoms in total. The Bertz CT molecular complexity index is 354. The van der Waals surface area contributed by atoms with Crippen LogP contribution >= 0.6 is 15.9 Å². The molecule has 0 bridgehead atoms. The predicted octanol–water partition coefficient (Wildman–Crippen LogP) is 1.76. The van der Waals surface area contributed by atoms with Crippen molar-refractivity contribution in [3.8, 4) is 0 Å². The zero-order valence-corrected chi connectivity index (χ0v) is 10.4. The first-order valence-corrected chi connectivity index (χ1v) is 5.77. The largest absolute Gasteiger partial charge is 0.387 e. The topological polar surface area (TPSA) is 49.3 Å². The minimum atomic E-state index is -0.823. The summed E-state index contributed by atoms with van der Waals surface area (Å²) in [5, 5.41) is 12.3. The first-order valence-electron chi connectivity index (χ1n) is 4.86.